The highest BCUT2D eigenvalue weighted by Crippen LogP contribution is 2.38. The fraction of sp³-hybridized carbons (Fsp3) is 0.250. The summed E-state index contributed by atoms with van der Waals surface area (Å²) in [6.45, 7) is 0.899. The molecule has 7 heteroatoms. The summed E-state index contributed by atoms with van der Waals surface area (Å²) >= 11 is 0. The molecule has 7 nitrogen and oxygen atoms in total. The van der Waals surface area contributed by atoms with Crippen molar-refractivity contribution in [1.29, 1.82) is 0 Å². The van der Waals surface area contributed by atoms with E-state index in [4.69, 9.17) is 29.4 Å². The summed E-state index contributed by atoms with van der Waals surface area (Å²) < 4.78 is 27.5. The van der Waals surface area contributed by atoms with E-state index in [1.54, 1.807) is 51.8 Å². The number of aromatic nitrogens is 1. The lowest BCUT2D eigenvalue weighted by molar-refractivity contribution is 0.144. The third kappa shape index (κ3) is 4.15. The summed E-state index contributed by atoms with van der Waals surface area (Å²) in [6.07, 6.45) is 1.68. The molecule has 2 aromatic carbocycles. The van der Waals surface area contributed by atoms with Gasteiger partial charge in [-0.2, -0.15) is 0 Å². The van der Waals surface area contributed by atoms with Gasteiger partial charge >= 0.3 is 0 Å². The predicted molar refractivity (Wildman–Crippen MR) is 103 cm³/mol. The van der Waals surface area contributed by atoms with Crippen molar-refractivity contribution in [2.45, 2.75) is 0 Å². The lowest BCUT2D eigenvalue weighted by Crippen LogP contribution is -2.05. The molecule has 0 saturated carbocycles. The Morgan fingerprint density at radius 2 is 1.67 bits per heavy atom. The molecule has 0 radical (unpaired) electrons. The number of benzene rings is 2. The van der Waals surface area contributed by atoms with Crippen molar-refractivity contribution in [2.24, 2.45) is 0 Å². The van der Waals surface area contributed by atoms with Crippen LogP contribution in [0.15, 0.2) is 42.6 Å². The number of ether oxygens (including phenoxy) is 5. The quantitative estimate of drug-likeness (QED) is 0.478. The first-order chi connectivity index (χ1) is 13.2. The van der Waals surface area contributed by atoms with E-state index in [1.165, 1.54) is 0 Å². The Morgan fingerprint density at radius 3 is 2.41 bits per heavy atom. The fourth-order valence-electron chi connectivity index (χ4n) is 2.61. The van der Waals surface area contributed by atoms with Crippen LogP contribution in [0.2, 0.25) is 0 Å². The lowest BCUT2D eigenvalue weighted by atomic mass is 10.1. The van der Waals surface area contributed by atoms with Crippen LogP contribution in [0.5, 0.6) is 28.7 Å². The zero-order chi connectivity index (χ0) is 19.2. The number of rotatable bonds is 8. The van der Waals surface area contributed by atoms with Gasteiger partial charge in [0, 0.05) is 30.8 Å². The number of methoxy groups -OCH3 is 3. The van der Waals surface area contributed by atoms with Gasteiger partial charge in [0.05, 0.1) is 32.0 Å². The van der Waals surface area contributed by atoms with Gasteiger partial charge in [-0.1, -0.05) is 0 Å². The Balaban J connectivity index is 1.96. The third-order valence-corrected chi connectivity index (χ3v) is 3.96. The number of fused-ring (bicyclic) bond motifs is 1. The molecule has 1 heterocycles. The first-order valence-electron chi connectivity index (χ1n) is 8.36. The van der Waals surface area contributed by atoms with Gasteiger partial charge in [-0.15, -0.1) is 0 Å². The van der Waals surface area contributed by atoms with E-state index in [0.717, 1.165) is 10.9 Å². The molecular formula is C20H22N2O5. The molecule has 0 aliphatic rings. The van der Waals surface area contributed by atoms with E-state index in [2.05, 4.69) is 4.98 Å². The molecule has 142 valence electrons. The van der Waals surface area contributed by atoms with Gasteiger partial charge in [0.1, 0.15) is 23.9 Å². The third-order valence-electron chi connectivity index (χ3n) is 3.96. The van der Waals surface area contributed by atoms with E-state index in [9.17, 15) is 0 Å². The van der Waals surface area contributed by atoms with Crippen molar-refractivity contribution in [3.63, 3.8) is 0 Å². The predicted octanol–water partition coefficient (Wildman–Crippen LogP) is 3.65. The molecule has 0 atom stereocenters. The first-order valence-corrected chi connectivity index (χ1v) is 8.36. The van der Waals surface area contributed by atoms with E-state index in [0.29, 0.717) is 47.6 Å². The normalized spacial score (nSPS) is 10.6. The molecule has 27 heavy (non-hydrogen) atoms. The number of anilines is 1. The maximum Gasteiger partial charge on any atom is 0.163 e. The van der Waals surface area contributed by atoms with Crippen molar-refractivity contribution in [3.05, 3.63) is 42.6 Å². The second-order valence-electron chi connectivity index (χ2n) is 5.68. The number of hydrogen-bond acceptors (Lipinski definition) is 7. The minimum absolute atomic E-state index is 0.416. The highest BCUT2D eigenvalue weighted by molar-refractivity contribution is 5.88. The summed E-state index contributed by atoms with van der Waals surface area (Å²) in [5.74, 6) is 2.98. The molecule has 0 unspecified atom stereocenters. The Bertz CT molecular complexity index is 930. The van der Waals surface area contributed by atoms with Gasteiger partial charge in [-0.05, 0) is 24.3 Å². The molecule has 1 aromatic heterocycles. The van der Waals surface area contributed by atoms with E-state index < -0.39 is 0 Å². The number of nitrogens with two attached hydrogens (primary N) is 1. The molecule has 0 fully saturated rings. The summed E-state index contributed by atoms with van der Waals surface area (Å²) in [5, 5.41) is 0.796. The molecule has 0 bridgehead atoms. The van der Waals surface area contributed by atoms with E-state index in [1.807, 2.05) is 12.1 Å². The summed E-state index contributed by atoms with van der Waals surface area (Å²) in [7, 11) is 4.78. The summed E-state index contributed by atoms with van der Waals surface area (Å²) in [6, 6.07) is 10.7. The van der Waals surface area contributed by atoms with Crippen LogP contribution in [-0.4, -0.2) is 39.5 Å². The van der Waals surface area contributed by atoms with Crippen LogP contribution < -0.4 is 24.7 Å². The minimum Gasteiger partial charge on any atom is -0.494 e. The number of nitrogen functional groups attached to an aromatic ring is 1. The van der Waals surface area contributed by atoms with Crippen LogP contribution in [0.1, 0.15) is 0 Å². The Morgan fingerprint density at radius 1 is 0.852 bits per heavy atom. The summed E-state index contributed by atoms with van der Waals surface area (Å²) in [4.78, 5) is 4.40. The standard InChI is InChI=1S/C20H22N2O5/c1-23-8-9-26-20-12-16-14(11-19(20)25-3)17(6-7-22-16)27-13-4-5-15(21)18(10-13)24-2/h4-7,10-12H,8-9,21H2,1-3H3. The smallest absolute Gasteiger partial charge is 0.163 e. The molecule has 0 spiro atoms. The minimum atomic E-state index is 0.416. The second kappa shape index (κ2) is 8.46. The molecule has 2 N–H and O–H groups in total. The SMILES string of the molecule is COCCOc1cc2nccc(Oc3ccc(N)c(OC)c3)c2cc1OC. The van der Waals surface area contributed by atoms with Crippen molar-refractivity contribution < 1.29 is 23.7 Å². The van der Waals surface area contributed by atoms with Crippen LogP contribution in [0.4, 0.5) is 5.69 Å². The van der Waals surface area contributed by atoms with Gasteiger partial charge in [0.25, 0.3) is 0 Å². The molecule has 3 rings (SSSR count). The second-order valence-corrected chi connectivity index (χ2v) is 5.68. The van der Waals surface area contributed by atoms with E-state index in [-0.39, 0.29) is 0 Å². The first kappa shape index (κ1) is 18.6. The Kier molecular flexibility index (Phi) is 5.83. The molecule has 0 amide bonds. The number of hydrogen-bond donors (Lipinski definition) is 1. The maximum atomic E-state index is 6.04. The van der Waals surface area contributed by atoms with Crippen molar-refractivity contribution in [3.8, 4) is 28.7 Å². The Hall–Kier alpha value is -3.19. The number of pyridine rings is 1. The van der Waals surface area contributed by atoms with Crippen molar-refractivity contribution in [2.75, 3.05) is 40.3 Å². The molecule has 3 aromatic rings. The topological polar surface area (TPSA) is 85.1 Å². The van der Waals surface area contributed by atoms with Crippen LogP contribution in [-0.2, 0) is 4.74 Å². The van der Waals surface area contributed by atoms with Gasteiger partial charge in [-0.25, -0.2) is 0 Å². The van der Waals surface area contributed by atoms with Crippen LogP contribution in [0.25, 0.3) is 10.9 Å². The van der Waals surface area contributed by atoms with Crippen LogP contribution >= 0.6 is 0 Å². The molecular weight excluding hydrogens is 348 g/mol. The highest BCUT2D eigenvalue weighted by atomic mass is 16.5. The largest absolute Gasteiger partial charge is 0.494 e. The average Bonchev–Trinajstić information content (AvgIpc) is 2.69. The van der Waals surface area contributed by atoms with Crippen molar-refractivity contribution >= 4 is 16.6 Å². The molecule has 0 aliphatic carbocycles. The number of nitrogens with zero attached hydrogens (tertiary/aromatic N) is 1. The van der Waals surface area contributed by atoms with Crippen LogP contribution in [0, 0.1) is 0 Å². The van der Waals surface area contributed by atoms with Gasteiger partial charge in [0.2, 0.25) is 0 Å². The van der Waals surface area contributed by atoms with Gasteiger partial charge in [0.15, 0.2) is 11.5 Å². The van der Waals surface area contributed by atoms with E-state index >= 15 is 0 Å². The zero-order valence-corrected chi connectivity index (χ0v) is 15.5. The van der Waals surface area contributed by atoms with Crippen molar-refractivity contribution in [1.82, 2.24) is 4.98 Å². The van der Waals surface area contributed by atoms with Gasteiger partial charge < -0.3 is 29.4 Å². The van der Waals surface area contributed by atoms with Gasteiger partial charge in [-0.3, -0.25) is 4.98 Å². The zero-order valence-electron chi connectivity index (χ0n) is 15.5. The average molecular weight is 370 g/mol. The Labute approximate surface area is 157 Å². The maximum absolute atomic E-state index is 6.04. The highest BCUT2D eigenvalue weighted by Gasteiger charge is 2.12. The lowest BCUT2D eigenvalue weighted by Gasteiger charge is -2.14. The summed E-state index contributed by atoms with van der Waals surface area (Å²) in [5.41, 5.74) is 7.13. The monoisotopic (exact) mass is 370 g/mol. The fourth-order valence-corrected chi connectivity index (χ4v) is 2.61. The van der Waals surface area contributed by atoms with Crippen LogP contribution in [0.3, 0.4) is 0 Å². The molecule has 0 aliphatic heterocycles. The molecule has 0 saturated heterocycles.